The second-order valence-corrected chi connectivity index (χ2v) is 9.17. The molecule has 5 nitrogen and oxygen atoms in total. The summed E-state index contributed by atoms with van der Waals surface area (Å²) >= 11 is 3.42. The molecule has 0 saturated heterocycles. The Morgan fingerprint density at radius 3 is 2.33 bits per heavy atom. The minimum atomic E-state index is -0.609. The molecule has 2 aromatic carbocycles. The number of carbonyl (C=O) groups is 2. The Balaban J connectivity index is 2.20. The number of benzene rings is 2. The van der Waals surface area contributed by atoms with Crippen LogP contribution in [0, 0.1) is 0 Å². The number of halogens is 1. The van der Waals surface area contributed by atoms with Crippen molar-refractivity contribution in [2.24, 2.45) is 0 Å². The van der Waals surface area contributed by atoms with Gasteiger partial charge in [0.15, 0.2) is 6.61 Å². The predicted octanol–water partition coefficient (Wildman–Crippen LogP) is 4.68. The number of nitrogens with one attached hydrogen (secondary N) is 1. The molecule has 0 aromatic heterocycles. The van der Waals surface area contributed by atoms with E-state index < -0.39 is 6.04 Å². The number of nitrogens with zero attached hydrogens (tertiary/aromatic N) is 1. The lowest BCUT2D eigenvalue weighted by molar-refractivity contribution is -0.142. The van der Waals surface area contributed by atoms with Crippen molar-refractivity contribution in [3.05, 3.63) is 64.1 Å². The van der Waals surface area contributed by atoms with Crippen molar-refractivity contribution in [2.75, 3.05) is 13.2 Å². The average Bonchev–Trinajstić information content (AvgIpc) is 2.70. The second-order valence-electron chi connectivity index (χ2n) is 8.25. The Kier molecular flexibility index (Phi) is 8.47. The van der Waals surface area contributed by atoms with Crippen molar-refractivity contribution < 1.29 is 14.3 Å². The summed E-state index contributed by atoms with van der Waals surface area (Å²) < 4.78 is 6.88. The van der Waals surface area contributed by atoms with Crippen LogP contribution in [0.2, 0.25) is 0 Å². The maximum absolute atomic E-state index is 13.1. The van der Waals surface area contributed by atoms with E-state index in [1.165, 1.54) is 0 Å². The molecule has 0 bridgehead atoms. The van der Waals surface area contributed by atoms with Gasteiger partial charge in [-0.2, -0.15) is 0 Å². The summed E-state index contributed by atoms with van der Waals surface area (Å²) in [5.74, 6) is 0.269. The number of hydrogen-bond acceptors (Lipinski definition) is 3. The average molecular weight is 475 g/mol. The number of amides is 2. The van der Waals surface area contributed by atoms with Gasteiger partial charge in [-0.05, 0) is 48.6 Å². The maximum atomic E-state index is 13.1. The van der Waals surface area contributed by atoms with E-state index in [1.54, 1.807) is 11.8 Å². The van der Waals surface area contributed by atoms with Crippen LogP contribution in [0.5, 0.6) is 5.75 Å². The van der Waals surface area contributed by atoms with Gasteiger partial charge in [0.1, 0.15) is 11.8 Å². The van der Waals surface area contributed by atoms with Crippen molar-refractivity contribution >= 4 is 27.7 Å². The fourth-order valence-corrected chi connectivity index (χ4v) is 3.39. The predicted molar refractivity (Wildman–Crippen MR) is 123 cm³/mol. The zero-order chi connectivity index (χ0) is 22.3. The molecular weight excluding hydrogens is 444 g/mol. The van der Waals surface area contributed by atoms with Crippen LogP contribution < -0.4 is 10.1 Å². The number of ether oxygens (including phenoxy) is 1. The Morgan fingerprint density at radius 2 is 1.73 bits per heavy atom. The van der Waals surface area contributed by atoms with Gasteiger partial charge in [0, 0.05) is 17.6 Å². The first kappa shape index (κ1) is 23.9. The molecule has 0 fully saturated rings. The molecular formula is C24H31BrN2O3. The molecule has 1 atom stereocenters. The van der Waals surface area contributed by atoms with Gasteiger partial charge in [-0.25, -0.2) is 0 Å². The van der Waals surface area contributed by atoms with E-state index in [0.717, 1.165) is 15.6 Å². The highest BCUT2D eigenvalue weighted by Crippen LogP contribution is 2.31. The maximum Gasteiger partial charge on any atom is 0.261 e. The standard InChI is InChI=1S/C24H31BrN2O3/c1-6-26-23(29)17(2)27(15-18-11-13-19(25)14-12-18)22(28)16-30-21-10-8-7-9-20(21)24(3,4)5/h7-14,17H,6,15-16H2,1-5H3,(H,26,29)/t17-/m0/s1. The monoisotopic (exact) mass is 474 g/mol. The summed E-state index contributed by atoms with van der Waals surface area (Å²) in [5, 5.41) is 2.80. The normalized spacial score (nSPS) is 12.2. The highest BCUT2D eigenvalue weighted by molar-refractivity contribution is 9.10. The second kappa shape index (κ2) is 10.6. The molecule has 0 unspecified atom stereocenters. The van der Waals surface area contributed by atoms with E-state index in [1.807, 2.05) is 55.5 Å². The number of rotatable bonds is 8. The lowest BCUT2D eigenvalue weighted by Crippen LogP contribution is -2.49. The van der Waals surface area contributed by atoms with Crippen LogP contribution >= 0.6 is 15.9 Å². The summed E-state index contributed by atoms with van der Waals surface area (Å²) in [6.07, 6.45) is 0. The van der Waals surface area contributed by atoms with E-state index in [-0.39, 0.29) is 23.8 Å². The third kappa shape index (κ3) is 6.59. The molecule has 6 heteroatoms. The number of para-hydroxylation sites is 1. The van der Waals surface area contributed by atoms with E-state index in [0.29, 0.717) is 18.8 Å². The van der Waals surface area contributed by atoms with Crippen molar-refractivity contribution in [3.63, 3.8) is 0 Å². The lowest BCUT2D eigenvalue weighted by Gasteiger charge is -2.29. The van der Waals surface area contributed by atoms with Gasteiger partial charge < -0.3 is 15.0 Å². The Labute approximate surface area is 187 Å². The minimum Gasteiger partial charge on any atom is -0.483 e. The summed E-state index contributed by atoms with van der Waals surface area (Å²) in [6, 6.07) is 14.8. The molecule has 2 rings (SSSR count). The van der Waals surface area contributed by atoms with Crippen LogP contribution in [0.4, 0.5) is 0 Å². The molecule has 1 N–H and O–H groups in total. The summed E-state index contributed by atoms with van der Waals surface area (Å²) in [4.78, 5) is 27.1. The molecule has 2 amide bonds. The number of likely N-dealkylation sites (N-methyl/N-ethyl adjacent to an activating group) is 1. The first-order valence-corrected chi connectivity index (χ1v) is 11.0. The van der Waals surface area contributed by atoms with Crippen LogP contribution in [-0.4, -0.2) is 35.9 Å². The Bertz CT molecular complexity index is 859. The summed E-state index contributed by atoms with van der Waals surface area (Å²) in [6.45, 7) is 10.6. The zero-order valence-corrected chi connectivity index (χ0v) is 20.0. The minimum absolute atomic E-state index is 0.106. The van der Waals surface area contributed by atoms with Crippen molar-refractivity contribution in [2.45, 2.75) is 52.6 Å². The lowest BCUT2D eigenvalue weighted by atomic mass is 9.86. The quantitative estimate of drug-likeness (QED) is 0.603. The summed E-state index contributed by atoms with van der Waals surface area (Å²) in [5.41, 5.74) is 1.87. The van der Waals surface area contributed by atoms with Crippen LogP contribution in [0.1, 0.15) is 45.7 Å². The van der Waals surface area contributed by atoms with Gasteiger partial charge in [-0.3, -0.25) is 9.59 Å². The van der Waals surface area contributed by atoms with Gasteiger partial charge >= 0.3 is 0 Å². The number of hydrogen-bond donors (Lipinski definition) is 1. The first-order chi connectivity index (χ1) is 14.1. The number of carbonyl (C=O) groups excluding carboxylic acids is 2. The molecule has 0 radical (unpaired) electrons. The first-order valence-electron chi connectivity index (χ1n) is 10.2. The Morgan fingerprint density at radius 1 is 1.10 bits per heavy atom. The van der Waals surface area contributed by atoms with E-state index in [4.69, 9.17) is 4.74 Å². The molecule has 162 valence electrons. The smallest absolute Gasteiger partial charge is 0.261 e. The van der Waals surface area contributed by atoms with Crippen LogP contribution in [0.15, 0.2) is 53.0 Å². The molecule has 2 aromatic rings. The molecule has 0 aliphatic heterocycles. The van der Waals surface area contributed by atoms with Gasteiger partial charge in [0.2, 0.25) is 5.91 Å². The van der Waals surface area contributed by atoms with Gasteiger partial charge in [-0.1, -0.05) is 67.0 Å². The highest BCUT2D eigenvalue weighted by atomic mass is 79.9. The molecule has 0 aliphatic carbocycles. The van der Waals surface area contributed by atoms with Gasteiger partial charge in [0.25, 0.3) is 5.91 Å². The van der Waals surface area contributed by atoms with Gasteiger partial charge in [-0.15, -0.1) is 0 Å². The van der Waals surface area contributed by atoms with Crippen molar-refractivity contribution in [1.82, 2.24) is 10.2 Å². The van der Waals surface area contributed by atoms with Crippen LogP contribution in [-0.2, 0) is 21.5 Å². The molecule has 30 heavy (non-hydrogen) atoms. The third-order valence-corrected chi connectivity index (χ3v) is 5.36. The van der Waals surface area contributed by atoms with E-state index >= 15 is 0 Å². The summed E-state index contributed by atoms with van der Waals surface area (Å²) in [7, 11) is 0. The topological polar surface area (TPSA) is 58.6 Å². The van der Waals surface area contributed by atoms with Gasteiger partial charge in [0.05, 0.1) is 0 Å². The van der Waals surface area contributed by atoms with Crippen LogP contribution in [0.3, 0.4) is 0 Å². The largest absolute Gasteiger partial charge is 0.483 e. The zero-order valence-electron chi connectivity index (χ0n) is 18.4. The third-order valence-electron chi connectivity index (χ3n) is 4.83. The van der Waals surface area contributed by atoms with E-state index in [2.05, 4.69) is 42.0 Å². The fourth-order valence-electron chi connectivity index (χ4n) is 3.13. The molecule has 0 spiro atoms. The van der Waals surface area contributed by atoms with Crippen LogP contribution in [0.25, 0.3) is 0 Å². The Hall–Kier alpha value is -2.34. The SMILES string of the molecule is CCNC(=O)[C@H](C)N(Cc1ccc(Br)cc1)C(=O)COc1ccccc1C(C)(C)C. The molecule has 0 saturated carbocycles. The van der Waals surface area contributed by atoms with Crippen molar-refractivity contribution in [3.8, 4) is 5.75 Å². The highest BCUT2D eigenvalue weighted by Gasteiger charge is 2.27. The fraction of sp³-hybridized carbons (Fsp3) is 0.417. The molecule has 0 aliphatic rings. The van der Waals surface area contributed by atoms with Crippen molar-refractivity contribution in [1.29, 1.82) is 0 Å². The van der Waals surface area contributed by atoms with E-state index in [9.17, 15) is 9.59 Å². The molecule has 0 heterocycles.